The maximum Gasteiger partial charge on any atom is 0.417 e. The fourth-order valence-electron chi connectivity index (χ4n) is 5.18. The highest BCUT2D eigenvalue weighted by molar-refractivity contribution is 6.31. The lowest BCUT2D eigenvalue weighted by Crippen LogP contribution is -2.46. The summed E-state index contributed by atoms with van der Waals surface area (Å²) in [6.07, 6.45) is -2.89. The first-order chi connectivity index (χ1) is 17.2. The number of rotatable bonds is 6. The maximum absolute atomic E-state index is 13.1. The monoisotopic (exact) mass is 519 g/mol. The zero-order valence-electron chi connectivity index (χ0n) is 18.9. The molecule has 2 saturated heterocycles. The van der Waals surface area contributed by atoms with Crippen molar-refractivity contribution in [2.24, 2.45) is 0 Å². The summed E-state index contributed by atoms with van der Waals surface area (Å²) < 4.78 is 58.0. The molecular formula is C25H21ClF3N3O4. The topological polar surface area (TPSA) is 65.8 Å². The van der Waals surface area contributed by atoms with Gasteiger partial charge in [0.25, 0.3) is 0 Å². The largest absolute Gasteiger partial charge is 0.477 e. The lowest BCUT2D eigenvalue weighted by atomic mass is 10.0. The van der Waals surface area contributed by atoms with E-state index in [-0.39, 0.29) is 34.0 Å². The van der Waals surface area contributed by atoms with Crippen LogP contribution >= 0.6 is 11.6 Å². The summed E-state index contributed by atoms with van der Waals surface area (Å²) in [6, 6.07) is 12.2. The molecule has 3 aliphatic heterocycles. The van der Waals surface area contributed by atoms with Crippen molar-refractivity contribution >= 4 is 17.4 Å². The van der Waals surface area contributed by atoms with Crippen LogP contribution in [0.25, 0.3) is 0 Å². The molecule has 0 radical (unpaired) electrons. The molecule has 7 nitrogen and oxygen atoms in total. The van der Waals surface area contributed by atoms with E-state index < -0.39 is 11.7 Å². The third-order valence-electron chi connectivity index (χ3n) is 6.89. The van der Waals surface area contributed by atoms with E-state index in [4.69, 9.17) is 25.8 Å². The Balaban J connectivity index is 1.08. The molecule has 2 fully saturated rings. The Morgan fingerprint density at radius 2 is 1.92 bits per heavy atom. The van der Waals surface area contributed by atoms with Gasteiger partial charge in [0.1, 0.15) is 17.3 Å². The summed E-state index contributed by atoms with van der Waals surface area (Å²) in [6.45, 7) is 2.28. The summed E-state index contributed by atoms with van der Waals surface area (Å²) in [5, 5.41) is -0.382. The van der Waals surface area contributed by atoms with Crippen LogP contribution in [0.2, 0.25) is 5.02 Å². The van der Waals surface area contributed by atoms with Crippen molar-refractivity contribution in [2.75, 3.05) is 24.7 Å². The molecule has 188 valence electrons. The summed E-state index contributed by atoms with van der Waals surface area (Å²) in [7, 11) is 0. The molecule has 0 unspecified atom stereocenters. The number of fused-ring (bicyclic) bond motifs is 3. The molecular weight excluding hydrogens is 499 g/mol. The Bertz CT molecular complexity index is 1380. The van der Waals surface area contributed by atoms with Gasteiger partial charge in [0.05, 0.1) is 42.0 Å². The SMILES string of the molecule is O=c1nc(OCCc2ccc(Oc3ccc(Cl)c(C(F)(F)F)c3)cc2)cc2n1C[C@]13CO[C@H](CN21)C3. The van der Waals surface area contributed by atoms with Gasteiger partial charge in [-0.25, -0.2) is 4.79 Å². The fourth-order valence-corrected chi connectivity index (χ4v) is 5.41. The number of hydrogen-bond donors (Lipinski definition) is 0. The Labute approximate surface area is 209 Å². The molecule has 0 amide bonds. The van der Waals surface area contributed by atoms with Crippen molar-refractivity contribution < 1.29 is 27.4 Å². The van der Waals surface area contributed by atoms with Crippen LogP contribution in [-0.2, 0) is 23.9 Å². The van der Waals surface area contributed by atoms with Crippen LogP contribution in [0.15, 0.2) is 53.3 Å². The van der Waals surface area contributed by atoms with Gasteiger partial charge < -0.3 is 19.1 Å². The van der Waals surface area contributed by atoms with Gasteiger partial charge in [-0.05, 0) is 35.9 Å². The number of anilines is 1. The zero-order chi connectivity index (χ0) is 25.1. The molecule has 2 atom stereocenters. The number of ether oxygens (including phenoxy) is 3. The Hall–Kier alpha value is -3.24. The molecule has 11 heteroatoms. The number of alkyl halides is 3. The number of hydrogen-bond acceptors (Lipinski definition) is 6. The van der Waals surface area contributed by atoms with Crippen LogP contribution in [0.4, 0.5) is 19.0 Å². The second kappa shape index (κ2) is 8.41. The van der Waals surface area contributed by atoms with E-state index in [0.717, 1.165) is 36.5 Å². The predicted molar refractivity (Wildman–Crippen MR) is 125 cm³/mol. The average molecular weight is 520 g/mol. The summed E-state index contributed by atoms with van der Waals surface area (Å²) in [4.78, 5) is 18.9. The van der Waals surface area contributed by atoms with Crippen LogP contribution < -0.4 is 20.1 Å². The quantitative estimate of drug-likeness (QED) is 0.471. The minimum atomic E-state index is -4.57. The first-order valence-electron chi connectivity index (χ1n) is 11.5. The van der Waals surface area contributed by atoms with E-state index in [9.17, 15) is 18.0 Å². The van der Waals surface area contributed by atoms with Crippen LogP contribution in [-0.4, -0.2) is 41.0 Å². The van der Waals surface area contributed by atoms with E-state index in [1.807, 2.05) is 6.07 Å². The van der Waals surface area contributed by atoms with Gasteiger partial charge in [0.15, 0.2) is 0 Å². The van der Waals surface area contributed by atoms with Crippen molar-refractivity contribution in [3.8, 4) is 17.4 Å². The third-order valence-corrected chi connectivity index (χ3v) is 7.22. The standard InChI is InChI=1S/C25H21ClF3N3O4/c26-20-6-5-17(9-19(20)25(27,28)29)36-16-3-1-15(2-4-16)7-8-34-21-10-22-31(23(33)30-21)13-24-11-18(35-14-24)12-32(22)24/h1-6,9-10,18H,7-8,11-14H2/t18-,24+/m0/s1. The van der Waals surface area contributed by atoms with Gasteiger partial charge in [-0.2, -0.15) is 18.2 Å². The van der Waals surface area contributed by atoms with Crippen LogP contribution in [0.3, 0.4) is 0 Å². The lowest BCUT2D eigenvalue weighted by molar-refractivity contribution is -0.137. The van der Waals surface area contributed by atoms with Crippen molar-refractivity contribution in [3.05, 3.63) is 75.2 Å². The maximum atomic E-state index is 13.1. The highest BCUT2D eigenvalue weighted by Crippen LogP contribution is 2.46. The van der Waals surface area contributed by atoms with Gasteiger partial charge in [0.2, 0.25) is 5.88 Å². The van der Waals surface area contributed by atoms with Gasteiger partial charge in [-0.1, -0.05) is 23.7 Å². The van der Waals surface area contributed by atoms with Crippen LogP contribution in [0.1, 0.15) is 17.5 Å². The Kier molecular flexibility index (Phi) is 5.42. The number of aromatic nitrogens is 2. The number of halogens is 4. The molecule has 0 saturated carbocycles. The minimum absolute atomic E-state index is 0.0383. The fraction of sp³-hybridized carbons (Fsp3) is 0.360. The van der Waals surface area contributed by atoms with Gasteiger partial charge in [0, 0.05) is 25.5 Å². The molecule has 0 N–H and O–H groups in total. The summed E-state index contributed by atoms with van der Waals surface area (Å²) in [5.41, 5.74) is -0.482. The number of benzene rings is 2. The Morgan fingerprint density at radius 3 is 2.67 bits per heavy atom. The number of nitrogens with zero attached hydrogens (tertiary/aromatic N) is 3. The molecule has 1 spiro atoms. The predicted octanol–water partition coefficient (Wildman–Crippen LogP) is 4.69. The van der Waals surface area contributed by atoms with E-state index in [2.05, 4.69) is 9.88 Å². The highest BCUT2D eigenvalue weighted by Gasteiger charge is 2.56. The third kappa shape index (κ3) is 4.08. The zero-order valence-corrected chi connectivity index (χ0v) is 19.7. The van der Waals surface area contributed by atoms with Crippen molar-refractivity contribution in [3.63, 3.8) is 0 Å². The van der Waals surface area contributed by atoms with E-state index in [0.29, 0.717) is 31.9 Å². The van der Waals surface area contributed by atoms with E-state index in [1.54, 1.807) is 28.8 Å². The first-order valence-corrected chi connectivity index (χ1v) is 11.9. The molecule has 1 aromatic heterocycles. The van der Waals surface area contributed by atoms with Gasteiger partial charge in [-0.15, -0.1) is 0 Å². The molecule has 36 heavy (non-hydrogen) atoms. The molecule has 2 aromatic carbocycles. The first kappa shape index (κ1) is 23.2. The van der Waals surface area contributed by atoms with Crippen molar-refractivity contribution in [1.29, 1.82) is 0 Å². The normalized spacial score (nSPS) is 22.0. The molecule has 3 aliphatic rings. The molecule has 3 aromatic rings. The second-order valence-corrected chi connectivity index (χ2v) is 9.68. The Morgan fingerprint density at radius 1 is 1.14 bits per heavy atom. The number of morpholine rings is 1. The van der Waals surface area contributed by atoms with Crippen LogP contribution in [0.5, 0.6) is 17.4 Å². The molecule has 6 rings (SSSR count). The summed E-state index contributed by atoms with van der Waals surface area (Å²) in [5.74, 6) is 1.54. The van der Waals surface area contributed by atoms with Crippen molar-refractivity contribution in [1.82, 2.24) is 9.55 Å². The van der Waals surface area contributed by atoms with Gasteiger partial charge in [-0.3, -0.25) is 4.57 Å². The van der Waals surface area contributed by atoms with Gasteiger partial charge >= 0.3 is 11.9 Å². The molecule has 2 bridgehead atoms. The molecule has 4 heterocycles. The average Bonchev–Trinajstić information content (AvgIpc) is 3.50. The second-order valence-electron chi connectivity index (χ2n) is 9.28. The lowest BCUT2D eigenvalue weighted by Gasteiger charge is -2.32. The highest BCUT2D eigenvalue weighted by atomic mass is 35.5. The summed E-state index contributed by atoms with van der Waals surface area (Å²) >= 11 is 5.65. The molecule has 0 aliphatic carbocycles. The smallest absolute Gasteiger partial charge is 0.417 e. The van der Waals surface area contributed by atoms with Crippen LogP contribution in [0, 0.1) is 0 Å². The van der Waals surface area contributed by atoms with E-state index in [1.165, 1.54) is 6.07 Å². The minimum Gasteiger partial charge on any atom is -0.477 e. The van der Waals surface area contributed by atoms with E-state index >= 15 is 0 Å². The van der Waals surface area contributed by atoms with Crippen molar-refractivity contribution in [2.45, 2.75) is 37.2 Å².